The lowest BCUT2D eigenvalue weighted by Crippen LogP contribution is -2.00. The highest BCUT2D eigenvalue weighted by molar-refractivity contribution is 5.17. The van der Waals surface area contributed by atoms with E-state index < -0.39 is 0 Å². The molecule has 2 nitrogen and oxygen atoms in total. The number of ether oxygens (including phenoxy) is 1. The maximum Gasteiger partial charge on any atom is 0.0831 e. The Labute approximate surface area is 78.8 Å². The van der Waals surface area contributed by atoms with Crippen LogP contribution in [0.15, 0.2) is 30.3 Å². The molecule has 0 unspecified atom stereocenters. The van der Waals surface area contributed by atoms with E-state index in [1.807, 2.05) is 30.3 Å². The Morgan fingerprint density at radius 1 is 1.38 bits per heavy atom. The van der Waals surface area contributed by atoms with E-state index in [9.17, 15) is 0 Å². The smallest absolute Gasteiger partial charge is 0.0831 e. The minimum absolute atomic E-state index is 0.0563. The fourth-order valence-electron chi connectivity index (χ4n) is 1.28. The van der Waals surface area contributed by atoms with Crippen LogP contribution >= 0.6 is 0 Å². The first-order valence-corrected chi connectivity index (χ1v) is 4.33. The molecular formula is C11H13NO. The van der Waals surface area contributed by atoms with E-state index in [1.165, 1.54) is 0 Å². The number of methoxy groups -OCH3 is 1. The molecule has 0 radical (unpaired) electrons. The Morgan fingerprint density at radius 3 is 2.62 bits per heavy atom. The SMILES string of the molecule is CO[C@H](CCC#N)c1ccccc1. The molecule has 0 aromatic heterocycles. The van der Waals surface area contributed by atoms with Crippen LogP contribution in [0.5, 0.6) is 0 Å². The Balaban J connectivity index is 2.63. The van der Waals surface area contributed by atoms with Crippen molar-refractivity contribution in [1.29, 1.82) is 5.26 Å². The number of hydrogen-bond donors (Lipinski definition) is 0. The van der Waals surface area contributed by atoms with E-state index >= 15 is 0 Å². The Bertz CT molecular complexity index is 276. The van der Waals surface area contributed by atoms with Crippen molar-refractivity contribution >= 4 is 0 Å². The van der Waals surface area contributed by atoms with E-state index in [1.54, 1.807) is 7.11 Å². The zero-order chi connectivity index (χ0) is 9.52. The standard InChI is InChI=1S/C11H13NO/c1-13-11(8-5-9-12)10-6-3-2-4-7-10/h2-4,6-7,11H,5,8H2,1H3/t11-/m1/s1. The molecule has 0 fully saturated rings. The van der Waals surface area contributed by atoms with Crippen LogP contribution < -0.4 is 0 Å². The zero-order valence-corrected chi connectivity index (χ0v) is 7.73. The van der Waals surface area contributed by atoms with Gasteiger partial charge in [0.05, 0.1) is 12.2 Å². The first-order valence-electron chi connectivity index (χ1n) is 4.33. The van der Waals surface area contributed by atoms with Gasteiger partial charge >= 0.3 is 0 Å². The second-order valence-electron chi connectivity index (χ2n) is 2.83. The van der Waals surface area contributed by atoms with Crippen LogP contribution in [0.25, 0.3) is 0 Å². The lowest BCUT2D eigenvalue weighted by atomic mass is 10.1. The number of rotatable bonds is 4. The number of hydrogen-bond acceptors (Lipinski definition) is 2. The lowest BCUT2D eigenvalue weighted by Gasteiger charge is -2.13. The monoisotopic (exact) mass is 175 g/mol. The molecule has 1 aromatic rings. The molecule has 0 saturated carbocycles. The van der Waals surface area contributed by atoms with E-state index in [0.29, 0.717) is 6.42 Å². The molecule has 0 aliphatic heterocycles. The van der Waals surface area contributed by atoms with Crippen molar-refractivity contribution in [3.05, 3.63) is 35.9 Å². The van der Waals surface area contributed by atoms with Crippen LogP contribution in [0.3, 0.4) is 0 Å². The van der Waals surface area contributed by atoms with Gasteiger partial charge in [-0.1, -0.05) is 30.3 Å². The van der Waals surface area contributed by atoms with Crippen LogP contribution in [-0.2, 0) is 4.74 Å². The molecule has 0 aliphatic carbocycles. The molecule has 1 rings (SSSR count). The molecule has 2 heteroatoms. The predicted molar refractivity (Wildman–Crippen MR) is 51.0 cm³/mol. The molecule has 0 bridgehead atoms. The van der Waals surface area contributed by atoms with Gasteiger partial charge in [0.15, 0.2) is 0 Å². The van der Waals surface area contributed by atoms with Gasteiger partial charge in [0.25, 0.3) is 0 Å². The zero-order valence-electron chi connectivity index (χ0n) is 7.73. The fourth-order valence-corrected chi connectivity index (χ4v) is 1.28. The van der Waals surface area contributed by atoms with Gasteiger partial charge < -0.3 is 4.74 Å². The molecule has 0 spiro atoms. The number of nitriles is 1. The van der Waals surface area contributed by atoms with E-state index in [0.717, 1.165) is 12.0 Å². The highest BCUT2D eigenvalue weighted by Crippen LogP contribution is 2.20. The minimum Gasteiger partial charge on any atom is -0.377 e. The van der Waals surface area contributed by atoms with Gasteiger partial charge in [-0.15, -0.1) is 0 Å². The molecule has 1 atom stereocenters. The predicted octanol–water partition coefficient (Wildman–Crippen LogP) is 2.68. The number of nitrogens with zero attached hydrogens (tertiary/aromatic N) is 1. The second kappa shape index (κ2) is 5.34. The van der Waals surface area contributed by atoms with Crippen LogP contribution in [0.1, 0.15) is 24.5 Å². The second-order valence-corrected chi connectivity index (χ2v) is 2.83. The quantitative estimate of drug-likeness (QED) is 0.704. The summed E-state index contributed by atoms with van der Waals surface area (Å²) in [6, 6.07) is 12.1. The summed E-state index contributed by atoms with van der Waals surface area (Å²) in [6.45, 7) is 0. The summed E-state index contributed by atoms with van der Waals surface area (Å²) in [5.41, 5.74) is 1.14. The summed E-state index contributed by atoms with van der Waals surface area (Å²) < 4.78 is 5.29. The van der Waals surface area contributed by atoms with Crippen molar-refractivity contribution in [1.82, 2.24) is 0 Å². The summed E-state index contributed by atoms with van der Waals surface area (Å²) in [4.78, 5) is 0. The highest BCUT2D eigenvalue weighted by Gasteiger charge is 2.08. The summed E-state index contributed by atoms with van der Waals surface area (Å²) in [7, 11) is 1.68. The van der Waals surface area contributed by atoms with Crippen molar-refractivity contribution < 1.29 is 4.74 Å². The maximum absolute atomic E-state index is 8.45. The first-order chi connectivity index (χ1) is 6.38. The molecule has 13 heavy (non-hydrogen) atoms. The lowest BCUT2D eigenvalue weighted by molar-refractivity contribution is 0.0969. The van der Waals surface area contributed by atoms with Crippen LogP contribution in [0, 0.1) is 11.3 Å². The molecular weight excluding hydrogens is 162 g/mol. The minimum atomic E-state index is 0.0563. The summed E-state index contributed by atoms with van der Waals surface area (Å²) in [5.74, 6) is 0. The fraction of sp³-hybridized carbons (Fsp3) is 0.364. The third-order valence-corrected chi connectivity index (χ3v) is 1.97. The van der Waals surface area contributed by atoms with Gasteiger partial charge in [0, 0.05) is 13.5 Å². The van der Waals surface area contributed by atoms with Crippen molar-refractivity contribution in [3.63, 3.8) is 0 Å². The third-order valence-electron chi connectivity index (χ3n) is 1.97. The molecule has 0 saturated heterocycles. The maximum atomic E-state index is 8.45. The molecule has 0 aliphatic rings. The normalized spacial score (nSPS) is 12.0. The Hall–Kier alpha value is -1.33. The van der Waals surface area contributed by atoms with Crippen molar-refractivity contribution in [2.75, 3.05) is 7.11 Å². The molecule has 0 N–H and O–H groups in total. The van der Waals surface area contributed by atoms with Crippen molar-refractivity contribution in [2.24, 2.45) is 0 Å². The van der Waals surface area contributed by atoms with Gasteiger partial charge in [0.1, 0.15) is 0 Å². The molecule has 0 amide bonds. The average Bonchev–Trinajstić information content (AvgIpc) is 2.21. The number of benzene rings is 1. The largest absolute Gasteiger partial charge is 0.377 e. The van der Waals surface area contributed by atoms with Gasteiger partial charge in [-0.25, -0.2) is 0 Å². The Morgan fingerprint density at radius 2 is 2.08 bits per heavy atom. The van der Waals surface area contributed by atoms with E-state index in [2.05, 4.69) is 6.07 Å². The van der Waals surface area contributed by atoms with Crippen LogP contribution in [-0.4, -0.2) is 7.11 Å². The molecule has 1 aromatic carbocycles. The molecule has 68 valence electrons. The van der Waals surface area contributed by atoms with Gasteiger partial charge in [-0.3, -0.25) is 0 Å². The van der Waals surface area contributed by atoms with E-state index in [-0.39, 0.29) is 6.10 Å². The summed E-state index contributed by atoms with van der Waals surface area (Å²) >= 11 is 0. The Kier molecular flexibility index (Phi) is 4.01. The first kappa shape index (κ1) is 9.76. The summed E-state index contributed by atoms with van der Waals surface area (Å²) in [6.07, 6.45) is 1.35. The van der Waals surface area contributed by atoms with E-state index in [4.69, 9.17) is 10.00 Å². The third kappa shape index (κ3) is 2.89. The van der Waals surface area contributed by atoms with Gasteiger partial charge in [-0.05, 0) is 12.0 Å². The van der Waals surface area contributed by atoms with Crippen molar-refractivity contribution in [3.8, 4) is 6.07 Å². The van der Waals surface area contributed by atoms with Crippen LogP contribution in [0.4, 0.5) is 0 Å². The van der Waals surface area contributed by atoms with Gasteiger partial charge in [-0.2, -0.15) is 5.26 Å². The van der Waals surface area contributed by atoms with Crippen molar-refractivity contribution in [2.45, 2.75) is 18.9 Å². The summed E-state index contributed by atoms with van der Waals surface area (Å²) in [5, 5.41) is 8.45. The average molecular weight is 175 g/mol. The topological polar surface area (TPSA) is 33.0 Å². The molecule has 0 heterocycles. The van der Waals surface area contributed by atoms with Crippen LogP contribution in [0.2, 0.25) is 0 Å². The highest BCUT2D eigenvalue weighted by atomic mass is 16.5. The van der Waals surface area contributed by atoms with Gasteiger partial charge in [0.2, 0.25) is 0 Å².